The van der Waals surface area contributed by atoms with Crippen LogP contribution in [0.15, 0.2) is 24.3 Å². The zero-order valence-corrected chi connectivity index (χ0v) is 9.05. The number of methoxy groups -OCH3 is 1. The average molecular weight is 193 g/mol. The van der Waals surface area contributed by atoms with Crippen LogP contribution in [-0.2, 0) is 17.8 Å². The van der Waals surface area contributed by atoms with E-state index in [1.807, 2.05) is 0 Å². The number of nitrogens with one attached hydrogen (secondary N) is 1. The molecule has 1 aromatic carbocycles. The van der Waals surface area contributed by atoms with Gasteiger partial charge in [-0.2, -0.15) is 0 Å². The van der Waals surface area contributed by atoms with Crippen molar-refractivity contribution < 1.29 is 4.74 Å². The SMILES string of the molecule is CCNCCc1ccccc1COC. The highest BCUT2D eigenvalue weighted by atomic mass is 16.5. The second kappa shape index (κ2) is 6.57. The minimum atomic E-state index is 0.711. The van der Waals surface area contributed by atoms with Crippen molar-refractivity contribution in [2.75, 3.05) is 20.2 Å². The highest BCUT2D eigenvalue weighted by molar-refractivity contribution is 5.26. The van der Waals surface area contributed by atoms with E-state index in [0.717, 1.165) is 19.5 Å². The molecule has 0 heterocycles. The molecule has 14 heavy (non-hydrogen) atoms. The van der Waals surface area contributed by atoms with Gasteiger partial charge in [-0.3, -0.25) is 0 Å². The molecule has 1 aromatic rings. The van der Waals surface area contributed by atoms with E-state index < -0.39 is 0 Å². The van der Waals surface area contributed by atoms with Crippen LogP contribution in [0.2, 0.25) is 0 Å². The van der Waals surface area contributed by atoms with Crippen molar-refractivity contribution in [2.45, 2.75) is 20.0 Å². The van der Waals surface area contributed by atoms with Crippen molar-refractivity contribution >= 4 is 0 Å². The van der Waals surface area contributed by atoms with Gasteiger partial charge in [0.2, 0.25) is 0 Å². The van der Waals surface area contributed by atoms with Crippen molar-refractivity contribution in [3.05, 3.63) is 35.4 Å². The third kappa shape index (κ3) is 3.48. The van der Waals surface area contributed by atoms with Crippen LogP contribution < -0.4 is 5.32 Å². The van der Waals surface area contributed by atoms with E-state index in [1.165, 1.54) is 11.1 Å². The predicted molar refractivity (Wildman–Crippen MR) is 59.4 cm³/mol. The van der Waals surface area contributed by atoms with Crippen LogP contribution in [0.4, 0.5) is 0 Å². The van der Waals surface area contributed by atoms with Crippen LogP contribution in [0.3, 0.4) is 0 Å². The molecule has 0 saturated heterocycles. The second-order valence-corrected chi connectivity index (χ2v) is 3.31. The number of ether oxygens (including phenoxy) is 1. The third-order valence-electron chi connectivity index (χ3n) is 2.24. The van der Waals surface area contributed by atoms with E-state index in [2.05, 4.69) is 36.5 Å². The van der Waals surface area contributed by atoms with Gasteiger partial charge in [0.15, 0.2) is 0 Å². The summed E-state index contributed by atoms with van der Waals surface area (Å²) in [5.74, 6) is 0. The van der Waals surface area contributed by atoms with E-state index in [0.29, 0.717) is 6.61 Å². The molecule has 0 radical (unpaired) electrons. The van der Waals surface area contributed by atoms with Crippen molar-refractivity contribution in [1.29, 1.82) is 0 Å². The summed E-state index contributed by atoms with van der Waals surface area (Å²) in [6.45, 7) is 4.91. The van der Waals surface area contributed by atoms with Gasteiger partial charge in [-0.05, 0) is 30.6 Å². The summed E-state index contributed by atoms with van der Waals surface area (Å²) in [6.07, 6.45) is 1.08. The normalized spacial score (nSPS) is 10.4. The average Bonchev–Trinajstić information content (AvgIpc) is 2.21. The molecule has 2 nitrogen and oxygen atoms in total. The maximum Gasteiger partial charge on any atom is 0.0715 e. The molecule has 0 bridgehead atoms. The largest absolute Gasteiger partial charge is 0.380 e. The van der Waals surface area contributed by atoms with Gasteiger partial charge >= 0.3 is 0 Å². The van der Waals surface area contributed by atoms with E-state index in [9.17, 15) is 0 Å². The summed E-state index contributed by atoms with van der Waals surface area (Å²) in [7, 11) is 1.74. The molecule has 0 amide bonds. The molecule has 0 aliphatic heterocycles. The van der Waals surface area contributed by atoms with E-state index in [1.54, 1.807) is 7.11 Å². The monoisotopic (exact) mass is 193 g/mol. The molecule has 0 aromatic heterocycles. The number of hydrogen-bond donors (Lipinski definition) is 1. The van der Waals surface area contributed by atoms with Gasteiger partial charge in [0.05, 0.1) is 6.61 Å². The smallest absolute Gasteiger partial charge is 0.0715 e. The van der Waals surface area contributed by atoms with Crippen LogP contribution in [0.5, 0.6) is 0 Å². The maximum atomic E-state index is 5.15. The summed E-state index contributed by atoms with van der Waals surface area (Å²) < 4.78 is 5.15. The summed E-state index contributed by atoms with van der Waals surface area (Å²) >= 11 is 0. The highest BCUT2D eigenvalue weighted by Crippen LogP contribution is 2.09. The number of benzene rings is 1. The Bertz CT molecular complexity index is 260. The predicted octanol–water partition coefficient (Wildman–Crippen LogP) is 1.99. The topological polar surface area (TPSA) is 21.3 Å². The van der Waals surface area contributed by atoms with Crippen molar-refractivity contribution in [3.63, 3.8) is 0 Å². The zero-order chi connectivity index (χ0) is 10.2. The highest BCUT2D eigenvalue weighted by Gasteiger charge is 1.99. The summed E-state index contributed by atoms with van der Waals surface area (Å²) in [5.41, 5.74) is 2.68. The van der Waals surface area contributed by atoms with Crippen LogP contribution >= 0.6 is 0 Å². The Morgan fingerprint density at radius 3 is 2.57 bits per heavy atom. The lowest BCUT2D eigenvalue weighted by molar-refractivity contribution is 0.184. The van der Waals surface area contributed by atoms with Crippen molar-refractivity contribution in [3.8, 4) is 0 Å². The van der Waals surface area contributed by atoms with Gasteiger partial charge in [0.1, 0.15) is 0 Å². The maximum absolute atomic E-state index is 5.15. The fourth-order valence-corrected chi connectivity index (χ4v) is 1.50. The lowest BCUT2D eigenvalue weighted by Gasteiger charge is -2.08. The van der Waals surface area contributed by atoms with Crippen LogP contribution in [-0.4, -0.2) is 20.2 Å². The lowest BCUT2D eigenvalue weighted by atomic mass is 10.1. The van der Waals surface area contributed by atoms with E-state index in [4.69, 9.17) is 4.74 Å². The fraction of sp³-hybridized carbons (Fsp3) is 0.500. The Morgan fingerprint density at radius 1 is 1.21 bits per heavy atom. The molecule has 0 aliphatic carbocycles. The molecule has 1 N–H and O–H groups in total. The molecular weight excluding hydrogens is 174 g/mol. The number of rotatable bonds is 6. The Morgan fingerprint density at radius 2 is 1.93 bits per heavy atom. The molecule has 2 heteroatoms. The summed E-state index contributed by atoms with van der Waals surface area (Å²) in [4.78, 5) is 0. The van der Waals surface area contributed by atoms with Crippen LogP contribution in [0.25, 0.3) is 0 Å². The third-order valence-corrected chi connectivity index (χ3v) is 2.24. The first-order valence-electron chi connectivity index (χ1n) is 5.15. The Kier molecular flexibility index (Phi) is 5.27. The molecule has 0 atom stereocenters. The Balaban J connectivity index is 2.55. The lowest BCUT2D eigenvalue weighted by Crippen LogP contribution is -2.16. The van der Waals surface area contributed by atoms with Gasteiger partial charge in [-0.15, -0.1) is 0 Å². The van der Waals surface area contributed by atoms with Crippen LogP contribution in [0, 0.1) is 0 Å². The Labute approximate surface area is 86.3 Å². The first-order valence-corrected chi connectivity index (χ1v) is 5.15. The van der Waals surface area contributed by atoms with Crippen molar-refractivity contribution in [2.24, 2.45) is 0 Å². The molecule has 1 rings (SSSR count). The molecular formula is C12H19NO. The summed E-state index contributed by atoms with van der Waals surface area (Å²) in [5, 5.41) is 3.33. The Hall–Kier alpha value is -0.860. The van der Waals surface area contributed by atoms with Gasteiger partial charge in [-0.25, -0.2) is 0 Å². The van der Waals surface area contributed by atoms with Gasteiger partial charge in [-0.1, -0.05) is 31.2 Å². The molecule has 0 saturated carbocycles. The fourth-order valence-electron chi connectivity index (χ4n) is 1.50. The molecule has 0 fully saturated rings. The molecule has 0 spiro atoms. The minimum Gasteiger partial charge on any atom is -0.380 e. The molecule has 0 aliphatic rings. The van der Waals surface area contributed by atoms with Crippen LogP contribution in [0.1, 0.15) is 18.1 Å². The minimum absolute atomic E-state index is 0.711. The zero-order valence-electron chi connectivity index (χ0n) is 9.05. The van der Waals surface area contributed by atoms with Crippen molar-refractivity contribution in [1.82, 2.24) is 5.32 Å². The molecule has 78 valence electrons. The van der Waals surface area contributed by atoms with Gasteiger partial charge in [0.25, 0.3) is 0 Å². The molecule has 0 unspecified atom stereocenters. The number of likely N-dealkylation sites (N-methyl/N-ethyl adjacent to an activating group) is 1. The van der Waals surface area contributed by atoms with E-state index in [-0.39, 0.29) is 0 Å². The van der Waals surface area contributed by atoms with Gasteiger partial charge in [0, 0.05) is 7.11 Å². The van der Waals surface area contributed by atoms with E-state index >= 15 is 0 Å². The first-order chi connectivity index (χ1) is 6.88. The summed E-state index contributed by atoms with van der Waals surface area (Å²) in [6, 6.07) is 8.45. The first kappa shape index (κ1) is 11.2. The second-order valence-electron chi connectivity index (χ2n) is 3.31. The quantitative estimate of drug-likeness (QED) is 0.698. The number of hydrogen-bond acceptors (Lipinski definition) is 2. The standard InChI is InChI=1S/C12H19NO/c1-3-13-9-8-11-6-4-5-7-12(11)10-14-2/h4-7,13H,3,8-10H2,1-2H3. The van der Waals surface area contributed by atoms with Gasteiger partial charge < -0.3 is 10.1 Å².